The van der Waals surface area contributed by atoms with E-state index in [-0.39, 0.29) is 5.91 Å². The molecule has 4 nitrogen and oxygen atoms in total. The molecule has 0 atom stereocenters. The van der Waals surface area contributed by atoms with Gasteiger partial charge in [-0.15, -0.1) is 0 Å². The van der Waals surface area contributed by atoms with Gasteiger partial charge in [0.25, 0.3) is 0 Å². The molecule has 0 aliphatic rings. The number of amides is 1. The fraction of sp³-hybridized carbons (Fsp3) is 0.250. The van der Waals surface area contributed by atoms with E-state index in [1.54, 1.807) is 0 Å². The van der Waals surface area contributed by atoms with Crippen LogP contribution in [0.15, 0.2) is 39.2 Å². The molecule has 1 N–H and O–H groups in total. The SMILES string of the molecule is CCc1ccc(CCC(=O)Nc2nc3ccc(Br)cc3s2)o1. The van der Waals surface area contributed by atoms with Crippen molar-refractivity contribution in [3.8, 4) is 0 Å². The standard InChI is InChI=1S/C16H15BrN2O2S/c1-2-11-4-5-12(21-11)6-8-15(20)19-16-18-13-7-3-10(17)9-14(13)22-16/h3-5,7,9H,2,6,8H2,1H3,(H,18,19,20). The zero-order chi connectivity index (χ0) is 15.5. The van der Waals surface area contributed by atoms with Crippen molar-refractivity contribution in [2.45, 2.75) is 26.2 Å². The van der Waals surface area contributed by atoms with Crippen LogP contribution in [0.5, 0.6) is 0 Å². The Bertz CT molecular complexity index is 809. The smallest absolute Gasteiger partial charge is 0.226 e. The number of anilines is 1. The monoisotopic (exact) mass is 378 g/mol. The van der Waals surface area contributed by atoms with Crippen molar-refractivity contribution in [2.24, 2.45) is 0 Å². The molecule has 3 rings (SSSR count). The Kier molecular flexibility index (Phi) is 4.59. The van der Waals surface area contributed by atoms with Crippen LogP contribution in [0.4, 0.5) is 5.13 Å². The van der Waals surface area contributed by atoms with E-state index >= 15 is 0 Å². The van der Waals surface area contributed by atoms with Gasteiger partial charge in [-0.05, 0) is 30.3 Å². The minimum Gasteiger partial charge on any atom is -0.466 e. The van der Waals surface area contributed by atoms with Gasteiger partial charge in [-0.3, -0.25) is 4.79 Å². The summed E-state index contributed by atoms with van der Waals surface area (Å²) in [6.45, 7) is 2.04. The number of aryl methyl sites for hydroxylation is 2. The van der Waals surface area contributed by atoms with Gasteiger partial charge >= 0.3 is 0 Å². The van der Waals surface area contributed by atoms with Gasteiger partial charge in [0.1, 0.15) is 11.5 Å². The molecule has 2 heterocycles. The van der Waals surface area contributed by atoms with Gasteiger partial charge in [-0.25, -0.2) is 4.98 Å². The summed E-state index contributed by atoms with van der Waals surface area (Å²) >= 11 is 4.90. The zero-order valence-electron chi connectivity index (χ0n) is 12.1. The first kappa shape index (κ1) is 15.2. The predicted molar refractivity (Wildman–Crippen MR) is 92.4 cm³/mol. The predicted octanol–water partition coefficient (Wildman–Crippen LogP) is 4.79. The van der Waals surface area contributed by atoms with Crippen LogP contribution in [0.1, 0.15) is 24.9 Å². The van der Waals surface area contributed by atoms with Gasteiger partial charge in [0.05, 0.1) is 10.2 Å². The second-order valence-corrected chi connectivity index (χ2v) is 6.85. The summed E-state index contributed by atoms with van der Waals surface area (Å²) in [7, 11) is 0. The third kappa shape index (κ3) is 3.56. The minimum atomic E-state index is -0.0485. The summed E-state index contributed by atoms with van der Waals surface area (Å²) in [5.74, 6) is 1.75. The molecule has 22 heavy (non-hydrogen) atoms. The molecule has 0 fully saturated rings. The summed E-state index contributed by atoms with van der Waals surface area (Å²) in [6, 6.07) is 9.76. The lowest BCUT2D eigenvalue weighted by molar-refractivity contribution is -0.116. The Morgan fingerprint density at radius 2 is 2.14 bits per heavy atom. The molecule has 0 saturated carbocycles. The molecular formula is C16H15BrN2O2S. The third-order valence-electron chi connectivity index (χ3n) is 3.26. The highest BCUT2D eigenvalue weighted by atomic mass is 79.9. The van der Waals surface area contributed by atoms with Crippen LogP contribution in [0, 0.1) is 0 Å². The van der Waals surface area contributed by atoms with Crippen molar-refractivity contribution < 1.29 is 9.21 Å². The van der Waals surface area contributed by atoms with Gasteiger partial charge < -0.3 is 9.73 Å². The largest absolute Gasteiger partial charge is 0.466 e. The third-order valence-corrected chi connectivity index (χ3v) is 4.69. The highest BCUT2D eigenvalue weighted by molar-refractivity contribution is 9.10. The first-order chi connectivity index (χ1) is 10.6. The Balaban J connectivity index is 1.60. The van der Waals surface area contributed by atoms with Crippen molar-refractivity contribution >= 4 is 48.5 Å². The molecule has 6 heteroatoms. The van der Waals surface area contributed by atoms with E-state index in [0.717, 1.165) is 32.6 Å². The Morgan fingerprint density at radius 3 is 2.91 bits per heavy atom. The second kappa shape index (κ2) is 6.62. The molecular weight excluding hydrogens is 364 g/mol. The molecule has 114 valence electrons. The number of fused-ring (bicyclic) bond motifs is 1. The minimum absolute atomic E-state index is 0.0485. The van der Waals surface area contributed by atoms with Crippen molar-refractivity contribution in [3.63, 3.8) is 0 Å². The first-order valence-corrected chi connectivity index (χ1v) is 8.68. The number of halogens is 1. The number of furan rings is 1. The van der Waals surface area contributed by atoms with E-state index in [2.05, 4.69) is 26.2 Å². The molecule has 0 unspecified atom stereocenters. The molecule has 1 aromatic carbocycles. The quantitative estimate of drug-likeness (QED) is 0.694. The van der Waals surface area contributed by atoms with Gasteiger partial charge in [-0.2, -0.15) is 0 Å². The van der Waals surface area contributed by atoms with Crippen LogP contribution in [0.2, 0.25) is 0 Å². The highest BCUT2D eigenvalue weighted by Crippen LogP contribution is 2.28. The molecule has 3 aromatic rings. The number of hydrogen-bond acceptors (Lipinski definition) is 4. The molecule has 0 radical (unpaired) electrons. The number of thiazole rings is 1. The normalized spacial score (nSPS) is 11.0. The summed E-state index contributed by atoms with van der Waals surface area (Å²) < 4.78 is 7.65. The number of hydrogen-bond donors (Lipinski definition) is 1. The van der Waals surface area contributed by atoms with Crippen LogP contribution < -0.4 is 5.32 Å². The van der Waals surface area contributed by atoms with E-state index in [0.29, 0.717) is 18.0 Å². The highest BCUT2D eigenvalue weighted by Gasteiger charge is 2.09. The Hall–Kier alpha value is -1.66. The first-order valence-electron chi connectivity index (χ1n) is 7.07. The number of rotatable bonds is 5. The van der Waals surface area contributed by atoms with E-state index in [9.17, 15) is 4.79 Å². The maximum atomic E-state index is 12.0. The van der Waals surface area contributed by atoms with E-state index in [1.165, 1.54) is 11.3 Å². The average Bonchev–Trinajstić information content (AvgIpc) is 3.10. The number of nitrogens with one attached hydrogen (secondary N) is 1. The molecule has 0 spiro atoms. The van der Waals surface area contributed by atoms with Gasteiger partial charge in [0.15, 0.2) is 5.13 Å². The molecule has 2 aromatic heterocycles. The van der Waals surface area contributed by atoms with Crippen molar-refractivity contribution in [1.82, 2.24) is 4.98 Å². The average molecular weight is 379 g/mol. The van der Waals surface area contributed by atoms with E-state index < -0.39 is 0 Å². The molecule has 0 saturated heterocycles. The number of nitrogens with zero attached hydrogens (tertiary/aromatic N) is 1. The lowest BCUT2D eigenvalue weighted by Gasteiger charge is -1.99. The van der Waals surface area contributed by atoms with Gasteiger partial charge in [0.2, 0.25) is 5.91 Å². The number of carbonyl (C=O) groups excluding carboxylic acids is 1. The van der Waals surface area contributed by atoms with Gasteiger partial charge in [0, 0.05) is 23.7 Å². The fourth-order valence-corrected chi connectivity index (χ4v) is 3.55. The van der Waals surface area contributed by atoms with Crippen LogP contribution in [-0.2, 0) is 17.6 Å². The summed E-state index contributed by atoms with van der Waals surface area (Å²) in [5.41, 5.74) is 0.891. The summed E-state index contributed by atoms with van der Waals surface area (Å²) in [5, 5.41) is 3.48. The summed E-state index contributed by atoms with van der Waals surface area (Å²) in [6.07, 6.45) is 1.85. The molecule has 0 aliphatic carbocycles. The van der Waals surface area contributed by atoms with Gasteiger partial charge in [-0.1, -0.05) is 34.2 Å². The summed E-state index contributed by atoms with van der Waals surface area (Å²) in [4.78, 5) is 16.4. The van der Waals surface area contributed by atoms with Crippen molar-refractivity contribution in [1.29, 1.82) is 0 Å². The number of aromatic nitrogens is 1. The maximum absolute atomic E-state index is 12.0. The van der Waals surface area contributed by atoms with Crippen LogP contribution in [-0.4, -0.2) is 10.9 Å². The van der Waals surface area contributed by atoms with Crippen molar-refractivity contribution in [2.75, 3.05) is 5.32 Å². The Morgan fingerprint density at radius 1 is 1.32 bits per heavy atom. The maximum Gasteiger partial charge on any atom is 0.226 e. The topological polar surface area (TPSA) is 55.1 Å². The van der Waals surface area contributed by atoms with E-state index in [4.69, 9.17) is 4.42 Å². The van der Waals surface area contributed by atoms with Crippen LogP contribution >= 0.6 is 27.3 Å². The van der Waals surface area contributed by atoms with Crippen molar-refractivity contribution in [3.05, 3.63) is 46.3 Å². The lowest BCUT2D eigenvalue weighted by atomic mass is 10.2. The lowest BCUT2D eigenvalue weighted by Crippen LogP contribution is -2.11. The van der Waals surface area contributed by atoms with Crippen LogP contribution in [0.3, 0.4) is 0 Å². The van der Waals surface area contributed by atoms with E-state index in [1.807, 2.05) is 37.3 Å². The zero-order valence-corrected chi connectivity index (χ0v) is 14.5. The molecule has 1 amide bonds. The molecule has 0 bridgehead atoms. The molecule has 0 aliphatic heterocycles. The number of benzene rings is 1. The Labute approximate surface area is 140 Å². The number of carbonyl (C=O) groups is 1. The second-order valence-electron chi connectivity index (χ2n) is 4.90. The van der Waals surface area contributed by atoms with Crippen LogP contribution in [0.25, 0.3) is 10.2 Å². The fourth-order valence-electron chi connectivity index (χ4n) is 2.12.